The van der Waals surface area contributed by atoms with Crippen molar-refractivity contribution in [2.45, 2.75) is 32.6 Å². The lowest BCUT2D eigenvalue weighted by molar-refractivity contribution is 0.668. The molecule has 3 rings (SSSR count). The highest BCUT2D eigenvalue weighted by Gasteiger charge is 2.15. The van der Waals surface area contributed by atoms with Gasteiger partial charge in [0, 0.05) is 11.9 Å². The van der Waals surface area contributed by atoms with E-state index < -0.39 is 0 Å². The lowest BCUT2D eigenvalue weighted by Gasteiger charge is -2.17. The Kier molecular flexibility index (Phi) is 3.34. The van der Waals surface area contributed by atoms with Gasteiger partial charge in [-0.3, -0.25) is 4.98 Å². The molecule has 0 aliphatic heterocycles. The van der Waals surface area contributed by atoms with Gasteiger partial charge in [0.25, 0.3) is 0 Å². The molecule has 0 bridgehead atoms. The van der Waals surface area contributed by atoms with Gasteiger partial charge in [0.2, 0.25) is 0 Å². The van der Waals surface area contributed by atoms with Crippen LogP contribution in [0.4, 0.5) is 11.5 Å². The third kappa shape index (κ3) is 2.48. The van der Waals surface area contributed by atoms with E-state index in [0.717, 1.165) is 29.8 Å². The summed E-state index contributed by atoms with van der Waals surface area (Å²) in [5.74, 6) is 0.639. The highest BCUT2D eigenvalue weighted by atomic mass is 15.0. The molecule has 2 aromatic rings. The second-order valence-corrected chi connectivity index (χ2v) is 5.19. The molecule has 20 heavy (non-hydrogen) atoms. The zero-order chi connectivity index (χ0) is 13.9. The summed E-state index contributed by atoms with van der Waals surface area (Å²) in [7, 11) is 0. The van der Waals surface area contributed by atoms with E-state index in [0.29, 0.717) is 11.4 Å². The Bertz CT molecular complexity index is 685. The minimum absolute atomic E-state index is 0.604. The molecule has 2 aromatic heterocycles. The van der Waals surface area contributed by atoms with Crippen LogP contribution in [0.25, 0.3) is 0 Å². The first-order chi connectivity index (χ1) is 9.76. The topological polar surface area (TPSA) is 61.6 Å². The van der Waals surface area contributed by atoms with Gasteiger partial charge in [-0.2, -0.15) is 5.26 Å². The molecule has 0 saturated carbocycles. The predicted octanol–water partition coefficient (Wildman–Crippen LogP) is 3.28. The maximum absolute atomic E-state index is 9.31. The number of aromatic nitrogens is 2. The van der Waals surface area contributed by atoms with Gasteiger partial charge in [-0.25, -0.2) is 4.98 Å². The minimum atomic E-state index is 0.604. The Labute approximate surface area is 118 Å². The third-order valence-electron chi connectivity index (χ3n) is 3.56. The van der Waals surface area contributed by atoms with Gasteiger partial charge >= 0.3 is 0 Å². The third-order valence-corrected chi connectivity index (χ3v) is 3.56. The van der Waals surface area contributed by atoms with Crippen molar-refractivity contribution >= 4 is 11.5 Å². The molecule has 0 spiro atoms. The van der Waals surface area contributed by atoms with Crippen molar-refractivity contribution in [2.24, 2.45) is 0 Å². The van der Waals surface area contributed by atoms with Gasteiger partial charge in [-0.1, -0.05) is 0 Å². The molecule has 100 valence electrons. The molecule has 0 atom stereocenters. The largest absolute Gasteiger partial charge is 0.338 e. The maximum Gasteiger partial charge on any atom is 0.148 e. The zero-order valence-corrected chi connectivity index (χ0v) is 11.5. The summed E-state index contributed by atoms with van der Waals surface area (Å²) < 4.78 is 0. The first kappa shape index (κ1) is 12.6. The standard InChI is InChI=1S/C16H16N4/c1-11-6-14(10-18-9-11)19-16-13(8-17)7-12-4-2-3-5-15(12)20-16/h6-7,9-10H,2-5H2,1H3,(H,19,20). The number of nitrogens with one attached hydrogen (secondary N) is 1. The van der Waals surface area contributed by atoms with Gasteiger partial charge in [-0.15, -0.1) is 0 Å². The summed E-state index contributed by atoms with van der Waals surface area (Å²) in [4.78, 5) is 8.80. The number of anilines is 2. The Hall–Kier alpha value is -2.41. The van der Waals surface area contributed by atoms with Crippen LogP contribution in [0.5, 0.6) is 0 Å². The average molecular weight is 264 g/mol. The van der Waals surface area contributed by atoms with Crippen LogP contribution >= 0.6 is 0 Å². The monoisotopic (exact) mass is 264 g/mol. The summed E-state index contributed by atoms with van der Waals surface area (Å²) in [6.45, 7) is 1.99. The second kappa shape index (κ2) is 5.30. The molecule has 4 heteroatoms. The molecular formula is C16H16N4. The first-order valence-corrected chi connectivity index (χ1v) is 6.88. The number of hydrogen-bond donors (Lipinski definition) is 1. The lowest BCUT2D eigenvalue weighted by atomic mass is 9.95. The molecule has 2 heterocycles. The number of rotatable bonds is 2. The molecular weight excluding hydrogens is 248 g/mol. The fourth-order valence-electron chi connectivity index (χ4n) is 2.57. The Morgan fingerprint density at radius 3 is 2.85 bits per heavy atom. The van der Waals surface area contributed by atoms with Crippen molar-refractivity contribution in [1.29, 1.82) is 5.26 Å². The quantitative estimate of drug-likeness (QED) is 0.904. The van der Waals surface area contributed by atoms with Crippen molar-refractivity contribution in [3.05, 3.63) is 46.9 Å². The van der Waals surface area contributed by atoms with Gasteiger partial charge in [0.05, 0.1) is 17.4 Å². The van der Waals surface area contributed by atoms with Gasteiger partial charge in [-0.05, 0) is 55.9 Å². The number of fused-ring (bicyclic) bond motifs is 1. The van der Waals surface area contributed by atoms with E-state index in [-0.39, 0.29) is 0 Å². The Morgan fingerprint density at radius 2 is 2.05 bits per heavy atom. The highest BCUT2D eigenvalue weighted by molar-refractivity contribution is 5.63. The van der Waals surface area contributed by atoms with E-state index in [9.17, 15) is 5.26 Å². The van der Waals surface area contributed by atoms with Gasteiger partial charge in [0.15, 0.2) is 0 Å². The number of pyridine rings is 2. The first-order valence-electron chi connectivity index (χ1n) is 6.88. The van der Waals surface area contributed by atoms with Crippen LogP contribution in [0, 0.1) is 18.3 Å². The predicted molar refractivity (Wildman–Crippen MR) is 77.9 cm³/mol. The van der Waals surface area contributed by atoms with Crippen LogP contribution < -0.4 is 5.32 Å². The molecule has 0 unspecified atom stereocenters. The molecule has 0 aromatic carbocycles. The number of nitrogens with zero attached hydrogens (tertiary/aromatic N) is 3. The molecule has 1 aliphatic carbocycles. The number of aryl methyl sites for hydroxylation is 3. The van der Waals surface area contributed by atoms with E-state index in [1.54, 1.807) is 12.4 Å². The molecule has 1 aliphatic rings. The van der Waals surface area contributed by atoms with Crippen LogP contribution in [0.3, 0.4) is 0 Å². The highest BCUT2D eigenvalue weighted by Crippen LogP contribution is 2.26. The second-order valence-electron chi connectivity index (χ2n) is 5.19. The van der Waals surface area contributed by atoms with Crippen molar-refractivity contribution < 1.29 is 0 Å². The SMILES string of the molecule is Cc1cncc(Nc2nc3c(cc2C#N)CCCC3)c1. The van der Waals surface area contributed by atoms with Crippen LogP contribution in [0.2, 0.25) is 0 Å². The molecule has 0 fully saturated rings. The van der Waals surface area contributed by atoms with Crippen LogP contribution in [-0.2, 0) is 12.8 Å². The van der Waals surface area contributed by atoms with Crippen molar-refractivity contribution in [1.82, 2.24) is 9.97 Å². The lowest BCUT2D eigenvalue weighted by Crippen LogP contribution is -2.09. The van der Waals surface area contributed by atoms with Crippen molar-refractivity contribution in [2.75, 3.05) is 5.32 Å². The van der Waals surface area contributed by atoms with Gasteiger partial charge < -0.3 is 5.32 Å². The number of nitriles is 1. The zero-order valence-electron chi connectivity index (χ0n) is 11.5. The van der Waals surface area contributed by atoms with E-state index in [1.165, 1.54) is 18.4 Å². The molecule has 0 radical (unpaired) electrons. The fraction of sp³-hybridized carbons (Fsp3) is 0.312. The maximum atomic E-state index is 9.31. The van der Waals surface area contributed by atoms with Crippen molar-refractivity contribution in [3.63, 3.8) is 0 Å². The van der Waals surface area contributed by atoms with Crippen LogP contribution in [0.1, 0.15) is 35.2 Å². The molecule has 0 amide bonds. The van der Waals surface area contributed by atoms with Crippen LogP contribution in [0.15, 0.2) is 24.5 Å². The Morgan fingerprint density at radius 1 is 1.20 bits per heavy atom. The van der Waals surface area contributed by atoms with E-state index in [2.05, 4.69) is 21.4 Å². The average Bonchev–Trinajstić information content (AvgIpc) is 2.46. The summed E-state index contributed by atoms with van der Waals surface area (Å²) in [6.07, 6.45) is 7.95. The van der Waals surface area contributed by atoms with Gasteiger partial charge in [0.1, 0.15) is 11.9 Å². The fourth-order valence-corrected chi connectivity index (χ4v) is 2.57. The van der Waals surface area contributed by atoms with Crippen LogP contribution in [-0.4, -0.2) is 9.97 Å². The summed E-state index contributed by atoms with van der Waals surface area (Å²) in [5, 5.41) is 12.5. The van der Waals surface area contributed by atoms with Crippen molar-refractivity contribution in [3.8, 4) is 6.07 Å². The van der Waals surface area contributed by atoms with E-state index in [1.807, 2.05) is 19.1 Å². The smallest absolute Gasteiger partial charge is 0.148 e. The molecule has 1 N–H and O–H groups in total. The molecule has 4 nitrogen and oxygen atoms in total. The normalized spacial score (nSPS) is 13.4. The number of hydrogen-bond acceptors (Lipinski definition) is 4. The minimum Gasteiger partial charge on any atom is -0.338 e. The summed E-state index contributed by atoms with van der Waals surface area (Å²) in [5.41, 5.74) is 4.89. The van der Waals surface area contributed by atoms with E-state index in [4.69, 9.17) is 0 Å². The molecule has 0 saturated heterocycles. The summed E-state index contributed by atoms with van der Waals surface area (Å²) in [6, 6.07) is 6.21. The summed E-state index contributed by atoms with van der Waals surface area (Å²) >= 11 is 0. The Balaban J connectivity index is 1.98. The van der Waals surface area contributed by atoms with E-state index >= 15 is 0 Å².